The zero-order valence-electron chi connectivity index (χ0n) is 31.6. The first-order chi connectivity index (χ1) is 26.9. The minimum absolute atomic E-state index is 0.0894. The van der Waals surface area contributed by atoms with Gasteiger partial charge in [-0.15, -0.1) is 0 Å². The fourth-order valence-electron chi connectivity index (χ4n) is 9.27. The van der Waals surface area contributed by atoms with E-state index >= 15 is 0 Å². The van der Waals surface area contributed by atoms with Gasteiger partial charge in [0.25, 0.3) is 0 Å². The Kier molecular flexibility index (Phi) is 7.89. The molecule has 9 aromatic rings. The third-order valence-electron chi connectivity index (χ3n) is 11.7. The lowest BCUT2D eigenvalue weighted by molar-refractivity contribution is 0.363. The monoisotopic (exact) mass is 702 g/mol. The number of fused-ring (bicyclic) bond motifs is 5. The Morgan fingerprint density at radius 2 is 0.673 bits per heavy atom. The molecule has 0 saturated heterocycles. The molecule has 10 rings (SSSR count). The lowest BCUT2D eigenvalue weighted by atomic mass is 9.74. The van der Waals surface area contributed by atoms with E-state index in [1.54, 1.807) is 0 Å². The lowest BCUT2D eigenvalue weighted by Gasteiger charge is -2.29. The molecule has 0 heterocycles. The smallest absolute Gasteiger partial charge is 0.0150 e. The minimum Gasteiger partial charge on any atom is -0.0622 e. The maximum absolute atomic E-state index is 2.50. The molecule has 0 amide bonds. The third-order valence-corrected chi connectivity index (χ3v) is 11.7. The predicted molar refractivity (Wildman–Crippen MR) is 235 cm³/mol. The summed E-state index contributed by atoms with van der Waals surface area (Å²) in [5, 5.41) is 5.12. The molecule has 0 spiro atoms. The number of benzene rings is 9. The van der Waals surface area contributed by atoms with E-state index in [9.17, 15) is 0 Å². The van der Waals surface area contributed by atoms with Crippen LogP contribution in [0.25, 0.3) is 88.3 Å². The topological polar surface area (TPSA) is 0 Å². The maximum atomic E-state index is 2.50. The number of hydrogen-bond acceptors (Lipinski definition) is 0. The van der Waals surface area contributed by atoms with Crippen LogP contribution in [0.4, 0.5) is 0 Å². The van der Waals surface area contributed by atoms with Crippen molar-refractivity contribution in [3.05, 3.63) is 205 Å². The first-order valence-corrected chi connectivity index (χ1v) is 19.5. The van der Waals surface area contributed by atoms with Crippen LogP contribution in [0, 0.1) is 5.41 Å². The molecule has 0 radical (unpaired) electrons. The number of hydrogen-bond donors (Lipinski definition) is 0. The van der Waals surface area contributed by atoms with E-state index in [0.717, 1.165) is 0 Å². The molecule has 262 valence electrons. The van der Waals surface area contributed by atoms with Crippen LogP contribution in [0.5, 0.6) is 0 Å². The second-order valence-electron chi connectivity index (χ2n) is 16.1. The van der Waals surface area contributed by atoms with Crippen LogP contribution in [0.3, 0.4) is 0 Å². The van der Waals surface area contributed by atoms with Gasteiger partial charge in [-0.25, -0.2) is 0 Å². The fraction of sp³-hybridized carbons (Fsp3) is 0.0909. The van der Waals surface area contributed by atoms with E-state index in [1.165, 1.54) is 99.4 Å². The highest BCUT2D eigenvalue weighted by Crippen LogP contribution is 2.54. The van der Waals surface area contributed by atoms with Crippen molar-refractivity contribution in [3.63, 3.8) is 0 Å². The SMILES string of the molecule is CC(C)(C)C1c2ccccc2-c2ccc(-c3c4ccccc4c(-c4ccc(-c5cc(-c6ccccc6)cc(-c6ccccc6)c5)cc4)c4ccccc34)cc21. The molecule has 1 aliphatic rings. The summed E-state index contributed by atoms with van der Waals surface area (Å²) < 4.78 is 0. The van der Waals surface area contributed by atoms with E-state index in [0.29, 0.717) is 5.92 Å². The molecule has 9 aromatic carbocycles. The van der Waals surface area contributed by atoms with E-state index in [1.807, 2.05) is 0 Å². The summed E-state index contributed by atoms with van der Waals surface area (Å²) >= 11 is 0. The first-order valence-electron chi connectivity index (χ1n) is 19.5. The van der Waals surface area contributed by atoms with Gasteiger partial charge in [-0.2, -0.15) is 0 Å². The standard InChI is InChI=1S/C55H42/c1-55(2,3)54-50-25-15-10-20-44(50)45-31-30-40(35-51(45)54)53-48-23-13-11-21-46(48)52(47-22-12-14-24-49(47)53)39-28-26-38(27-29-39)43-33-41(36-16-6-4-7-17-36)32-42(34-43)37-18-8-5-9-19-37/h4-35,54H,1-3H3. The van der Waals surface area contributed by atoms with Gasteiger partial charge in [0.15, 0.2) is 0 Å². The van der Waals surface area contributed by atoms with Crippen molar-refractivity contribution >= 4 is 21.5 Å². The molecule has 0 aromatic heterocycles. The Balaban J connectivity index is 1.12. The molecular weight excluding hydrogens is 661 g/mol. The Morgan fingerprint density at radius 3 is 1.18 bits per heavy atom. The summed E-state index contributed by atoms with van der Waals surface area (Å²) in [6.07, 6.45) is 0. The highest BCUT2D eigenvalue weighted by Gasteiger charge is 2.36. The zero-order valence-corrected chi connectivity index (χ0v) is 31.6. The Labute approximate surface area is 324 Å². The quantitative estimate of drug-likeness (QED) is 0.157. The summed E-state index contributed by atoms with van der Waals surface area (Å²) in [7, 11) is 0. The van der Waals surface area contributed by atoms with Crippen LogP contribution >= 0.6 is 0 Å². The summed E-state index contributed by atoms with van der Waals surface area (Å²) in [6.45, 7) is 7.13. The molecule has 0 bridgehead atoms. The van der Waals surface area contributed by atoms with Crippen molar-refractivity contribution in [1.82, 2.24) is 0 Å². The van der Waals surface area contributed by atoms with Crippen molar-refractivity contribution in [2.24, 2.45) is 5.41 Å². The van der Waals surface area contributed by atoms with Crippen LogP contribution < -0.4 is 0 Å². The molecule has 0 nitrogen and oxygen atoms in total. The maximum Gasteiger partial charge on any atom is 0.0150 e. The molecule has 1 atom stereocenters. The van der Waals surface area contributed by atoms with Gasteiger partial charge in [0.2, 0.25) is 0 Å². The van der Waals surface area contributed by atoms with Gasteiger partial charge in [-0.3, -0.25) is 0 Å². The van der Waals surface area contributed by atoms with Gasteiger partial charge in [0, 0.05) is 5.92 Å². The van der Waals surface area contributed by atoms with Gasteiger partial charge in [-0.05, 0) is 129 Å². The van der Waals surface area contributed by atoms with Gasteiger partial charge in [-0.1, -0.05) is 191 Å². The van der Waals surface area contributed by atoms with Gasteiger partial charge < -0.3 is 0 Å². The second-order valence-corrected chi connectivity index (χ2v) is 16.1. The van der Waals surface area contributed by atoms with Crippen molar-refractivity contribution in [1.29, 1.82) is 0 Å². The van der Waals surface area contributed by atoms with Crippen LogP contribution in [0.15, 0.2) is 194 Å². The predicted octanol–water partition coefficient (Wildman–Crippen LogP) is 15.5. The van der Waals surface area contributed by atoms with Crippen LogP contribution in [-0.2, 0) is 0 Å². The zero-order chi connectivity index (χ0) is 37.1. The van der Waals surface area contributed by atoms with Crippen molar-refractivity contribution in [3.8, 4) is 66.8 Å². The normalized spacial score (nSPS) is 13.5. The van der Waals surface area contributed by atoms with E-state index in [2.05, 4.69) is 215 Å². The summed E-state index contributed by atoms with van der Waals surface area (Å²) in [5.41, 5.74) is 18.1. The molecule has 1 unspecified atom stereocenters. The molecule has 0 fully saturated rings. The van der Waals surface area contributed by atoms with Crippen molar-refractivity contribution < 1.29 is 0 Å². The Bertz CT molecular complexity index is 2760. The van der Waals surface area contributed by atoms with Crippen LogP contribution in [0.2, 0.25) is 0 Å². The highest BCUT2D eigenvalue weighted by molar-refractivity contribution is 6.21. The largest absolute Gasteiger partial charge is 0.0622 e. The molecular formula is C55H42. The third kappa shape index (κ3) is 5.69. The second kappa shape index (κ2) is 13.1. The van der Waals surface area contributed by atoms with Crippen molar-refractivity contribution in [2.45, 2.75) is 26.7 Å². The molecule has 1 aliphatic carbocycles. The van der Waals surface area contributed by atoms with E-state index in [4.69, 9.17) is 0 Å². The molecule has 55 heavy (non-hydrogen) atoms. The Morgan fingerprint density at radius 1 is 0.291 bits per heavy atom. The first kappa shape index (κ1) is 33.1. The fourth-order valence-corrected chi connectivity index (χ4v) is 9.27. The van der Waals surface area contributed by atoms with E-state index in [-0.39, 0.29) is 5.41 Å². The number of rotatable bonds is 5. The van der Waals surface area contributed by atoms with Gasteiger partial charge >= 0.3 is 0 Å². The van der Waals surface area contributed by atoms with Crippen LogP contribution in [-0.4, -0.2) is 0 Å². The lowest BCUT2D eigenvalue weighted by Crippen LogP contribution is -2.17. The molecule has 0 aliphatic heterocycles. The van der Waals surface area contributed by atoms with Crippen molar-refractivity contribution in [2.75, 3.05) is 0 Å². The minimum atomic E-state index is 0.0894. The Hall–Kier alpha value is -6.50. The summed E-state index contributed by atoms with van der Waals surface area (Å²) in [6, 6.07) is 71.9. The average Bonchev–Trinajstić information content (AvgIpc) is 3.58. The molecule has 0 heteroatoms. The van der Waals surface area contributed by atoms with Gasteiger partial charge in [0.1, 0.15) is 0 Å². The van der Waals surface area contributed by atoms with Crippen LogP contribution in [0.1, 0.15) is 37.8 Å². The van der Waals surface area contributed by atoms with Gasteiger partial charge in [0.05, 0.1) is 0 Å². The summed E-state index contributed by atoms with van der Waals surface area (Å²) in [4.78, 5) is 0. The summed E-state index contributed by atoms with van der Waals surface area (Å²) in [5.74, 6) is 0.339. The highest BCUT2D eigenvalue weighted by atomic mass is 14.4. The molecule has 0 saturated carbocycles. The van der Waals surface area contributed by atoms with E-state index < -0.39 is 0 Å². The average molecular weight is 703 g/mol. The molecule has 0 N–H and O–H groups in total.